The van der Waals surface area contributed by atoms with Gasteiger partial charge in [-0.2, -0.15) is 24.6 Å². The smallest absolute Gasteiger partial charge is 0.288 e. The van der Waals surface area contributed by atoms with Crippen molar-refractivity contribution < 1.29 is 17.1 Å². The molecule has 5 aliphatic rings. The Morgan fingerprint density at radius 2 is 1.56 bits per heavy atom. The molecule has 0 amide bonds. The maximum Gasteiger partial charge on any atom is 2.00 e. The standard InChI is InChI=1S/C31H36P2.C5.Fe/c1-25(32(26-15-6-2-7-16-26)27-17-8-3-9-18-27)30-23-14-24-31(30)33(28-19-10-4-11-20-28)29-21-12-5-13-22-29;1-2-4-5-3-1;/h4-5,10-13,19-22,25-27H,2-3,6-9,15-18H2,1H3;;/q2*-1;+2/t25-;;/m1../s1. The Morgan fingerprint density at radius 1 is 0.872 bits per heavy atom. The van der Waals surface area contributed by atoms with Crippen LogP contribution in [0, 0.1) is 25.0 Å². The molecule has 1 aromatic carbocycles. The molecule has 0 heterocycles. The first-order chi connectivity index (χ1) is 18.8. The predicted molar refractivity (Wildman–Crippen MR) is 164 cm³/mol. The number of rotatable bonds is 7. The molecule has 2 radical (unpaired) electrons. The van der Waals surface area contributed by atoms with Gasteiger partial charge in [0.1, 0.15) is 0 Å². The zero-order valence-electron chi connectivity index (χ0n) is 22.8. The molecule has 2 saturated carbocycles. The summed E-state index contributed by atoms with van der Waals surface area (Å²) in [5, 5.41) is 4.21. The van der Waals surface area contributed by atoms with Crippen LogP contribution in [0.5, 0.6) is 0 Å². The molecule has 0 N–H and O–H groups in total. The van der Waals surface area contributed by atoms with Crippen LogP contribution in [0.2, 0.25) is 0 Å². The average Bonchev–Trinajstić information content (AvgIpc) is 3.72. The third kappa shape index (κ3) is 7.86. The zero-order chi connectivity index (χ0) is 26.0. The van der Waals surface area contributed by atoms with Gasteiger partial charge in [0, 0.05) is 16.5 Å². The van der Waals surface area contributed by atoms with Crippen molar-refractivity contribution in [2.75, 3.05) is 0 Å². The maximum atomic E-state index is 3.64. The summed E-state index contributed by atoms with van der Waals surface area (Å²) in [6, 6.07) is 11.1. The Balaban J connectivity index is 0.000000530. The van der Waals surface area contributed by atoms with Gasteiger partial charge in [-0.05, 0) is 56.0 Å². The summed E-state index contributed by atoms with van der Waals surface area (Å²) in [6.45, 7) is 2.55. The van der Waals surface area contributed by atoms with Gasteiger partial charge in [0.2, 0.25) is 0 Å². The van der Waals surface area contributed by atoms with Crippen molar-refractivity contribution in [1.29, 1.82) is 0 Å². The van der Waals surface area contributed by atoms with E-state index in [1.807, 2.05) is 0 Å². The van der Waals surface area contributed by atoms with Crippen LogP contribution >= 0.6 is 15.8 Å². The van der Waals surface area contributed by atoms with Crippen molar-refractivity contribution in [2.24, 2.45) is 0 Å². The van der Waals surface area contributed by atoms with Crippen molar-refractivity contribution in [3.63, 3.8) is 0 Å². The van der Waals surface area contributed by atoms with Crippen LogP contribution in [0.3, 0.4) is 0 Å². The van der Waals surface area contributed by atoms with E-state index in [1.165, 1.54) is 85.7 Å². The van der Waals surface area contributed by atoms with E-state index in [0.29, 0.717) is 5.66 Å². The molecule has 0 aliphatic heterocycles. The van der Waals surface area contributed by atoms with E-state index in [0.717, 1.165) is 11.3 Å². The largest absolute Gasteiger partial charge is 2.00 e. The summed E-state index contributed by atoms with van der Waals surface area (Å²) in [4.78, 5) is 0. The Kier molecular flexibility index (Phi) is 12.2. The Hall–Kier alpha value is -1.89. The Bertz CT molecular complexity index is 1280. The van der Waals surface area contributed by atoms with Gasteiger partial charge in [-0.15, -0.1) is 23.9 Å². The fourth-order valence-electron chi connectivity index (χ4n) is 6.32. The fourth-order valence-corrected chi connectivity index (χ4v) is 13.1. The van der Waals surface area contributed by atoms with Crippen LogP contribution in [0.15, 0.2) is 99.1 Å². The molecule has 2 atom stereocenters. The van der Waals surface area contributed by atoms with Gasteiger partial charge in [0.25, 0.3) is 0 Å². The van der Waals surface area contributed by atoms with E-state index >= 15 is 0 Å². The van der Waals surface area contributed by atoms with Crippen LogP contribution in [-0.2, 0) is 17.1 Å². The summed E-state index contributed by atoms with van der Waals surface area (Å²) >= 11 is 0. The Morgan fingerprint density at radius 3 is 2.10 bits per heavy atom. The summed E-state index contributed by atoms with van der Waals surface area (Å²) in [7, 11) is -0.678. The molecule has 5 aliphatic carbocycles. The molecule has 1 aromatic rings. The fraction of sp³-hybridized carbons (Fsp3) is 0.389. The van der Waals surface area contributed by atoms with Gasteiger partial charge >= 0.3 is 17.1 Å². The van der Waals surface area contributed by atoms with Gasteiger partial charge in [-0.25, -0.2) is 5.73 Å². The molecule has 0 spiro atoms. The molecular formula is C36H36FeP2. The minimum atomic E-state index is -0.630. The molecule has 3 heteroatoms. The second-order valence-electron chi connectivity index (χ2n) is 10.5. The van der Waals surface area contributed by atoms with Gasteiger partial charge in [-0.1, -0.05) is 95.2 Å². The molecule has 0 bridgehead atoms. The molecule has 0 nitrogen and oxygen atoms in total. The average molecular weight is 586 g/mol. The molecule has 1 unspecified atom stereocenters. The normalized spacial score (nSPS) is 21.0. The number of benzene rings is 1. The van der Waals surface area contributed by atoms with Crippen molar-refractivity contribution in [3.05, 3.63) is 124 Å². The number of hydrogen-bond acceptors (Lipinski definition) is 0. The molecular weight excluding hydrogens is 550 g/mol. The van der Waals surface area contributed by atoms with E-state index < -0.39 is 7.92 Å². The van der Waals surface area contributed by atoms with E-state index in [-0.39, 0.29) is 25.0 Å². The monoisotopic (exact) mass is 586 g/mol. The van der Waals surface area contributed by atoms with Crippen molar-refractivity contribution in [3.8, 4) is 0 Å². The van der Waals surface area contributed by atoms with E-state index in [2.05, 4.69) is 115 Å². The third-order valence-electron chi connectivity index (χ3n) is 8.06. The van der Waals surface area contributed by atoms with Crippen LogP contribution in [0.25, 0.3) is 0 Å². The Labute approximate surface area is 249 Å². The van der Waals surface area contributed by atoms with Gasteiger partial charge in [-0.3, -0.25) is 11.5 Å². The van der Waals surface area contributed by atoms with Gasteiger partial charge in [0.15, 0.2) is 0 Å². The van der Waals surface area contributed by atoms with E-state index in [4.69, 9.17) is 0 Å². The molecule has 198 valence electrons. The van der Waals surface area contributed by atoms with Crippen molar-refractivity contribution >= 4 is 21.1 Å². The van der Waals surface area contributed by atoms with E-state index in [9.17, 15) is 0 Å². The molecule has 0 saturated heterocycles. The SMILES string of the molecule is C[C@H](C1=C=C=C=C1P(C1=C[CH]C=C[CH-]1)c1ccccc1)P(C1CCCCC1)C1CCCCC1.[C]1=C=C=C=[C-]1.[Fe+2]. The third-order valence-corrected chi connectivity index (χ3v) is 14.4. The zero-order valence-corrected chi connectivity index (χ0v) is 25.7. The summed E-state index contributed by atoms with van der Waals surface area (Å²) in [5.41, 5.74) is 22.0. The van der Waals surface area contributed by atoms with Gasteiger partial charge < -0.3 is 0 Å². The molecule has 39 heavy (non-hydrogen) atoms. The van der Waals surface area contributed by atoms with Crippen LogP contribution in [-0.4, -0.2) is 17.0 Å². The summed E-state index contributed by atoms with van der Waals surface area (Å²) in [6.07, 6.45) is 30.6. The summed E-state index contributed by atoms with van der Waals surface area (Å²) in [5.74, 6) is 0. The number of hydrogen-bond donors (Lipinski definition) is 0. The second kappa shape index (κ2) is 15.8. The molecule has 0 aromatic heterocycles. The predicted octanol–water partition coefficient (Wildman–Crippen LogP) is 9.55. The van der Waals surface area contributed by atoms with Gasteiger partial charge in [0.05, 0.1) is 0 Å². The minimum absolute atomic E-state index is 0. The van der Waals surface area contributed by atoms with Crippen LogP contribution in [0.1, 0.15) is 71.1 Å². The first-order valence-corrected chi connectivity index (χ1v) is 17.2. The summed E-state index contributed by atoms with van der Waals surface area (Å²) < 4.78 is 0. The van der Waals surface area contributed by atoms with Crippen molar-refractivity contribution in [1.82, 2.24) is 0 Å². The van der Waals surface area contributed by atoms with Crippen LogP contribution in [0.4, 0.5) is 0 Å². The first kappa shape index (κ1) is 30.1. The molecule has 2 fully saturated rings. The minimum Gasteiger partial charge on any atom is -0.288 e. The topological polar surface area (TPSA) is 0 Å². The maximum absolute atomic E-state index is 3.64. The first-order valence-electron chi connectivity index (χ1n) is 14.3. The second-order valence-corrected chi connectivity index (χ2v) is 15.8. The van der Waals surface area contributed by atoms with Crippen LogP contribution < -0.4 is 5.30 Å². The van der Waals surface area contributed by atoms with Crippen molar-refractivity contribution in [2.45, 2.75) is 88.1 Å². The number of allylic oxidation sites excluding steroid dienone is 8. The quantitative estimate of drug-likeness (QED) is 0.129. The van der Waals surface area contributed by atoms with E-state index in [1.54, 1.807) is 0 Å². The molecule has 6 rings (SSSR count).